The fraction of sp³-hybridized carbons (Fsp3) is 0.367. The standard InChI is InChI=1S/C30H31NO4/c32-27-18-23-17-26-24-13-7-8-14-30(24,15-16-31(26)35-29(33)22-11-5-2-6-12-22)25(23)19-28(27)34-20-21-9-3-1-4-10-21/h1-6,9-12,18-19,24,26,32H,7-8,13-17,20H2/t24?,26-,30-/m0/s1. The maximum absolute atomic E-state index is 12.8. The minimum atomic E-state index is -0.299. The van der Waals surface area contributed by atoms with E-state index in [9.17, 15) is 9.90 Å². The Balaban J connectivity index is 1.30. The average Bonchev–Trinajstić information content (AvgIpc) is 2.90. The van der Waals surface area contributed by atoms with Crippen LogP contribution in [0.4, 0.5) is 0 Å². The molecular formula is C30H31NO4. The van der Waals surface area contributed by atoms with E-state index in [0.29, 0.717) is 23.8 Å². The molecule has 1 unspecified atom stereocenters. The number of hydrogen-bond donors (Lipinski definition) is 1. The summed E-state index contributed by atoms with van der Waals surface area (Å²) in [6.45, 7) is 1.15. The van der Waals surface area contributed by atoms with Gasteiger partial charge in [0.25, 0.3) is 0 Å². The lowest BCUT2D eigenvalue weighted by molar-refractivity contribution is -0.190. The second-order valence-corrected chi connectivity index (χ2v) is 10.2. The number of rotatable bonds is 5. The van der Waals surface area contributed by atoms with Gasteiger partial charge in [0.1, 0.15) is 6.61 Å². The lowest BCUT2D eigenvalue weighted by Crippen LogP contribution is -2.61. The van der Waals surface area contributed by atoms with E-state index in [1.807, 2.05) is 59.7 Å². The van der Waals surface area contributed by atoms with Crippen molar-refractivity contribution in [3.05, 3.63) is 95.1 Å². The monoisotopic (exact) mass is 469 g/mol. The highest BCUT2D eigenvalue weighted by atomic mass is 16.7. The lowest BCUT2D eigenvalue weighted by atomic mass is 9.52. The van der Waals surface area contributed by atoms with Crippen molar-refractivity contribution in [1.29, 1.82) is 0 Å². The van der Waals surface area contributed by atoms with Gasteiger partial charge in [0.2, 0.25) is 0 Å². The quantitative estimate of drug-likeness (QED) is 0.512. The van der Waals surface area contributed by atoms with Crippen molar-refractivity contribution in [1.82, 2.24) is 5.06 Å². The molecule has 35 heavy (non-hydrogen) atoms. The van der Waals surface area contributed by atoms with Gasteiger partial charge in [-0.25, -0.2) is 4.79 Å². The van der Waals surface area contributed by atoms with Crippen LogP contribution in [-0.4, -0.2) is 28.7 Å². The summed E-state index contributed by atoms with van der Waals surface area (Å²) in [4.78, 5) is 18.8. The van der Waals surface area contributed by atoms with E-state index in [2.05, 4.69) is 6.07 Å². The number of piperidine rings is 1. The third-order valence-electron chi connectivity index (χ3n) is 8.31. The number of phenols is 1. The van der Waals surface area contributed by atoms with Crippen molar-refractivity contribution in [2.45, 2.75) is 56.6 Å². The molecule has 1 saturated heterocycles. The summed E-state index contributed by atoms with van der Waals surface area (Å²) in [7, 11) is 0. The maximum atomic E-state index is 12.8. The van der Waals surface area contributed by atoms with Crippen LogP contribution in [0, 0.1) is 5.92 Å². The van der Waals surface area contributed by atoms with E-state index in [0.717, 1.165) is 43.4 Å². The Morgan fingerprint density at radius 1 is 1.00 bits per heavy atom. The van der Waals surface area contributed by atoms with Crippen LogP contribution >= 0.6 is 0 Å². The van der Waals surface area contributed by atoms with E-state index in [1.54, 1.807) is 12.1 Å². The Morgan fingerprint density at radius 3 is 2.57 bits per heavy atom. The van der Waals surface area contributed by atoms with Gasteiger partial charge in [-0.1, -0.05) is 61.4 Å². The van der Waals surface area contributed by atoms with Gasteiger partial charge >= 0.3 is 5.97 Å². The topological polar surface area (TPSA) is 59.0 Å². The summed E-state index contributed by atoms with van der Waals surface area (Å²) in [5, 5.41) is 12.8. The SMILES string of the molecule is O=C(ON1CC[C@@]23CCCCC2[C@@H]1Cc1cc(O)c(OCc2ccccc2)cc13)c1ccccc1. The van der Waals surface area contributed by atoms with E-state index in [-0.39, 0.29) is 23.2 Å². The molecule has 3 aromatic carbocycles. The van der Waals surface area contributed by atoms with Gasteiger partial charge in [0, 0.05) is 12.0 Å². The van der Waals surface area contributed by atoms with E-state index in [1.165, 1.54) is 18.4 Å². The van der Waals surface area contributed by atoms with Gasteiger partial charge in [0.15, 0.2) is 11.5 Å². The number of hydrogen-bond acceptors (Lipinski definition) is 5. The number of nitrogens with zero attached hydrogens (tertiary/aromatic N) is 1. The first kappa shape index (κ1) is 22.2. The Hall–Kier alpha value is -3.31. The van der Waals surface area contributed by atoms with Crippen molar-refractivity contribution in [3.8, 4) is 11.5 Å². The molecule has 2 bridgehead atoms. The van der Waals surface area contributed by atoms with Gasteiger partial charge in [-0.2, -0.15) is 0 Å². The fourth-order valence-corrected chi connectivity index (χ4v) is 6.69. The van der Waals surface area contributed by atoms with Crippen LogP contribution in [-0.2, 0) is 23.3 Å². The largest absolute Gasteiger partial charge is 0.504 e. The molecule has 3 atom stereocenters. The number of phenolic OH excluding ortho intramolecular Hbond substituents is 1. The third kappa shape index (κ3) is 3.98. The molecule has 6 rings (SSSR count). The highest BCUT2D eigenvalue weighted by Gasteiger charge is 2.55. The molecular weight excluding hydrogens is 438 g/mol. The van der Waals surface area contributed by atoms with Crippen LogP contribution in [0.15, 0.2) is 72.8 Å². The van der Waals surface area contributed by atoms with Crippen molar-refractivity contribution >= 4 is 5.97 Å². The zero-order valence-corrected chi connectivity index (χ0v) is 19.9. The summed E-state index contributed by atoms with van der Waals surface area (Å²) in [5.74, 6) is 0.860. The molecule has 3 aliphatic rings. The zero-order chi connectivity index (χ0) is 23.8. The van der Waals surface area contributed by atoms with Gasteiger partial charge in [0.05, 0.1) is 11.6 Å². The number of ether oxygens (including phenoxy) is 1. The lowest BCUT2D eigenvalue weighted by Gasteiger charge is -2.58. The van der Waals surface area contributed by atoms with Gasteiger partial charge in [-0.3, -0.25) is 0 Å². The first-order valence-electron chi connectivity index (χ1n) is 12.7. The summed E-state index contributed by atoms with van der Waals surface area (Å²) >= 11 is 0. The smallest absolute Gasteiger partial charge is 0.357 e. The number of hydroxylamine groups is 2. The second-order valence-electron chi connectivity index (χ2n) is 10.2. The van der Waals surface area contributed by atoms with Crippen LogP contribution in [0.3, 0.4) is 0 Å². The average molecular weight is 470 g/mol. The number of aromatic hydroxyl groups is 1. The Morgan fingerprint density at radius 2 is 1.77 bits per heavy atom. The first-order chi connectivity index (χ1) is 17.1. The Kier molecular flexibility index (Phi) is 5.73. The van der Waals surface area contributed by atoms with E-state index in [4.69, 9.17) is 9.57 Å². The molecule has 3 aromatic rings. The molecule has 1 N–H and O–H groups in total. The van der Waals surface area contributed by atoms with Crippen LogP contribution in [0.2, 0.25) is 0 Å². The van der Waals surface area contributed by atoms with Gasteiger partial charge in [-0.05, 0) is 72.6 Å². The van der Waals surface area contributed by atoms with Gasteiger partial charge in [-0.15, -0.1) is 5.06 Å². The fourth-order valence-electron chi connectivity index (χ4n) is 6.69. The van der Waals surface area contributed by atoms with E-state index < -0.39 is 0 Å². The summed E-state index contributed by atoms with van der Waals surface area (Å²) in [5.41, 5.74) is 4.17. The molecule has 1 heterocycles. The number of carbonyl (C=O) groups is 1. The van der Waals surface area contributed by atoms with Crippen molar-refractivity contribution < 1.29 is 19.5 Å². The molecule has 5 nitrogen and oxygen atoms in total. The molecule has 1 saturated carbocycles. The summed E-state index contributed by atoms with van der Waals surface area (Å²) in [6.07, 6.45) is 6.36. The van der Waals surface area contributed by atoms with Crippen LogP contribution < -0.4 is 4.74 Å². The van der Waals surface area contributed by atoms with Crippen LogP contribution in [0.1, 0.15) is 59.2 Å². The Bertz CT molecular complexity index is 1210. The van der Waals surface area contributed by atoms with Gasteiger partial charge < -0.3 is 14.7 Å². The molecule has 0 amide bonds. The molecule has 1 aliphatic heterocycles. The van der Waals surface area contributed by atoms with Crippen molar-refractivity contribution in [2.24, 2.45) is 5.92 Å². The van der Waals surface area contributed by atoms with Crippen LogP contribution in [0.5, 0.6) is 11.5 Å². The summed E-state index contributed by atoms with van der Waals surface area (Å²) in [6, 6.07) is 23.4. The van der Waals surface area contributed by atoms with Crippen molar-refractivity contribution in [3.63, 3.8) is 0 Å². The molecule has 180 valence electrons. The molecule has 0 aromatic heterocycles. The molecule has 2 aliphatic carbocycles. The highest BCUT2D eigenvalue weighted by Crippen LogP contribution is 2.57. The molecule has 0 spiro atoms. The molecule has 5 heteroatoms. The minimum Gasteiger partial charge on any atom is -0.504 e. The first-order valence-corrected chi connectivity index (χ1v) is 12.7. The highest BCUT2D eigenvalue weighted by molar-refractivity contribution is 5.89. The molecule has 2 fully saturated rings. The normalized spacial score (nSPS) is 25.3. The number of benzene rings is 3. The third-order valence-corrected chi connectivity index (χ3v) is 8.31. The minimum absolute atomic E-state index is 0.0463. The Labute approximate surface area is 206 Å². The zero-order valence-electron chi connectivity index (χ0n) is 19.9. The van der Waals surface area contributed by atoms with Crippen molar-refractivity contribution in [2.75, 3.05) is 6.54 Å². The second kappa shape index (κ2) is 9.04. The predicted octanol–water partition coefficient (Wildman–Crippen LogP) is 5.80. The number of fused-ring (bicyclic) bond motifs is 1. The summed E-state index contributed by atoms with van der Waals surface area (Å²) < 4.78 is 6.10. The number of carbonyl (C=O) groups excluding carboxylic acids is 1. The van der Waals surface area contributed by atoms with E-state index >= 15 is 0 Å². The predicted molar refractivity (Wildman–Crippen MR) is 133 cm³/mol. The van der Waals surface area contributed by atoms with Crippen LogP contribution in [0.25, 0.3) is 0 Å². The maximum Gasteiger partial charge on any atom is 0.357 e. The molecule has 0 radical (unpaired) electrons.